The molecule has 1 saturated heterocycles. The maximum absolute atomic E-state index is 11.6. The SMILES string of the molecule is CCN1CCN(CCCNC(=O)CC[C@H](C)C(N)=O)CC1. The van der Waals surface area contributed by atoms with Gasteiger partial charge in [0.1, 0.15) is 0 Å². The molecule has 0 bridgehead atoms. The molecule has 0 spiro atoms. The molecule has 1 atom stereocenters. The molecule has 6 heteroatoms. The average Bonchev–Trinajstić information content (AvgIpc) is 2.49. The molecule has 21 heavy (non-hydrogen) atoms. The summed E-state index contributed by atoms with van der Waals surface area (Å²) in [6.07, 6.45) is 1.88. The zero-order valence-corrected chi connectivity index (χ0v) is 13.4. The highest BCUT2D eigenvalue weighted by Crippen LogP contribution is 2.04. The number of piperazine rings is 1. The first-order valence-corrected chi connectivity index (χ1v) is 8.03. The fourth-order valence-electron chi connectivity index (χ4n) is 2.44. The van der Waals surface area contributed by atoms with Crippen molar-refractivity contribution in [3.63, 3.8) is 0 Å². The largest absolute Gasteiger partial charge is 0.369 e. The summed E-state index contributed by atoms with van der Waals surface area (Å²) in [5, 5.41) is 2.91. The number of primary amides is 1. The quantitative estimate of drug-likeness (QED) is 0.589. The number of rotatable bonds is 9. The third-order valence-corrected chi connectivity index (χ3v) is 4.18. The van der Waals surface area contributed by atoms with Gasteiger partial charge in [0, 0.05) is 45.1 Å². The highest BCUT2D eigenvalue weighted by Gasteiger charge is 2.15. The van der Waals surface area contributed by atoms with Crippen molar-refractivity contribution in [3.8, 4) is 0 Å². The summed E-state index contributed by atoms with van der Waals surface area (Å²) < 4.78 is 0. The number of nitrogens with one attached hydrogen (secondary N) is 1. The van der Waals surface area contributed by atoms with Gasteiger partial charge in [0.2, 0.25) is 11.8 Å². The first-order chi connectivity index (χ1) is 10.0. The van der Waals surface area contributed by atoms with Gasteiger partial charge in [-0.05, 0) is 25.9 Å². The minimum atomic E-state index is -0.339. The molecule has 2 amide bonds. The van der Waals surface area contributed by atoms with Crippen molar-refractivity contribution < 1.29 is 9.59 Å². The number of carbonyl (C=O) groups excluding carboxylic acids is 2. The molecule has 3 N–H and O–H groups in total. The number of hydrogen-bond donors (Lipinski definition) is 2. The summed E-state index contributed by atoms with van der Waals surface area (Å²) in [6.45, 7) is 11.4. The molecule has 0 aromatic rings. The second-order valence-corrected chi connectivity index (χ2v) is 5.82. The van der Waals surface area contributed by atoms with Gasteiger partial charge in [-0.15, -0.1) is 0 Å². The van der Waals surface area contributed by atoms with Gasteiger partial charge < -0.3 is 20.9 Å². The third kappa shape index (κ3) is 7.43. The van der Waals surface area contributed by atoms with Crippen LogP contribution in [0.25, 0.3) is 0 Å². The maximum atomic E-state index is 11.6. The predicted octanol–water partition coefficient (Wildman–Crippen LogP) is 0.0318. The average molecular weight is 298 g/mol. The Bertz CT molecular complexity index is 328. The van der Waals surface area contributed by atoms with Gasteiger partial charge in [-0.1, -0.05) is 13.8 Å². The Labute approximate surface area is 128 Å². The lowest BCUT2D eigenvalue weighted by molar-refractivity contribution is -0.123. The topological polar surface area (TPSA) is 78.7 Å². The van der Waals surface area contributed by atoms with Crippen molar-refractivity contribution in [1.82, 2.24) is 15.1 Å². The monoisotopic (exact) mass is 298 g/mol. The van der Waals surface area contributed by atoms with Crippen LogP contribution >= 0.6 is 0 Å². The van der Waals surface area contributed by atoms with Crippen LogP contribution in [0.1, 0.15) is 33.1 Å². The molecule has 1 fully saturated rings. The van der Waals surface area contributed by atoms with Crippen LogP contribution in [0.4, 0.5) is 0 Å². The zero-order chi connectivity index (χ0) is 15.7. The van der Waals surface area contributed by atoms with Gasteiger partial charge in [-0.2, -0.15) is 0 Å². The number of nitrogens with zero attached hydrogens (tertiary/aromatic N) is 2. The summed E-state index contributed by atoms with van der Waals surface area (Å²) in [7, 11) is 0. The summed E-state index contributed by atoms with van der Waals surface area (Å²) in [6, 6.07) is 0. The van der Waals surface area contributed by atoms with E-state index < -0.39 is 0 Å². The van der Waals surface area contributed by atoms with Crippen LogP contribution in [0.15, 0.2) is 0 Å². The van der Waals surface area contributed by atoms with Gasteiger partial charge in [-0.3, -0.25) is 9.59 Å². The molecule has 122 valence electrons. The summed E-state index contributed by atoms with van der Waals surface area (Å²) in [4.78, 5) is 27.4. The summed E-state index contributed by atoms with van der Waals surface area (Å²) in [5.74, 6) is -0.557. The van der Waals surface area contributed by atoms with Gasteiger partial charge in [0.15, 0.2) is 0 Å². The highest BCUT2D eigenvalue weighted by molar-refractivity contribution is 5.79. The normalized spacial score (nSPS) is 18.4. The van der Waals surface area contributed by atoms with Gasteiger partial charge in [0.25, 0.3) is 0 Å². The van der Waals surface area contributed by atoms with Crippen molar-refractivity contribution in [2.45, 2.75) is 33.1 Å². The van der Waals surface area contributed by atoms with E-state index in [1.54, 1.807) is 6.92 Å². The van der Waals surface area contributed by atoms with E-state index in [0.29, 0.717) is 19.4 Å². The molecule has 0 aromatic carbocycles. The summed E-state index contributed by atoms with van der Waals surface area (Å²) in [5.41, 5.74) is 5.17. The molecule has 6 nitrogen and oxygen atoms in total. The van der Waals surface area contributed by atoms with E-state index in [2.05, 4.69) is 22.0 Å². The smallest absolute Gasteiger partial charge is 0.220 e. The lowest BCUT2D eigenvalue weighted by Crippen LogP contribution is -2.46. The zero-order valence-electron chi connectivity index (χ0n) is 13.4. The number of carbonyl (C=O) groups is 2. The first-order valence-electron chi connectivity index (χ1n) is 8.03. The molecule has 1 aliphatic heterocycles. The fraction of sp³-hybridized carbons (Fsp3) is 0.867. The van der Waals surface area contributed by atoms with Crippen LogP contribution < -0.4 is 11.1 Å². The Balaban J connectivity index is 2.01. The number of likely N-dealkylation sites (N-methyl/N-ethyl adjacent to an activating group) is 1. The maximum Gasteiger partial charge on any atom is 0.220 e. The van der Waals surface area contributed by atoms with Crippen LogP contribution in [0, 0.1) is 5.92 Å². The lowest BCUT2D eigenvalue weighted by atomic mass is 10.1. The van der Waals surface area contributed by atoms with E-state index in [1.807, 2.05) is 0 Å². The fourth-order valence-corrected chi connectivity index (χ4v) is 2.44. The Morgan fingerprint density at radius 1 is 1.19 bits per heavy atom. The highest BCUT2D eigenvalue weighted by atomic mass is 16.2. The van der Waals surface area contributed by atoms with Gasteiger partial charge in [-0.25, -0.2) is 0 Å². The number of hydrogen-bond acceptors (Lipinski definition) is 4. The lowest BCUT2D eigenvalue weighted by Gasteiger charge is -2.33. The van der Waals surface area contributed by atoms with Crippen molar-refractivity contribution in [2.24, 2.45) is 11.7 Å². The molecular weight excluding hydrogens is 268 g/mol. The third-order valence-electron chi connectivity index (χ3n) is 4.18. The van der Waals surface area contributed by atoms with E-state index in [9.17, 15) is 9.59 Å². The second-order valence-electron chi connectivity index (χ2n) is 5.82. The van der Waals surface area contributed by atoms with Crippen molar-refractivity contribution in [1.29, 1.82) is 0 Å². The molecule has 1 aliphatic rings. The molecule has 0 aliphatic carbocycles. The van der Waals surface area contributed by atoms with Gasteiger partial charge in [0.05, 0.1) is 0 Å². The Kier molecular flexibility index (Phi) is 8.30. The number of amides is 2. The minimum Gasteiger partial charge on any atom is -0.369 e. The Morgan fingerprint density at radius 2 is 1.81 bits per heavy atom. The van der Waals surface area contributed by atoms with E-state index in [0.717, 1.165) is 45.7 Å². The van der Waals surface area contributed by atoms with Crippen LogP contribution in [0.5, 0.6) is 0 Å². The van der Waals surface area contributed by atoms with Crippen molar-refractivity contribution in [3.05, 3.63) is 0 Å². The van der Waals surface area contributed by atoms with Crippen LogP contribution in [-0.2, 0) is 9.59 Å². The van der Waals surface area contributed by atoms with Crippen LogP contribution in [-0.4, -0.2) is 67.4 Å². The van der Waals surface area contributed by atoms with Crippen molar-refractivity contribution >= 4 is 11.8 Å². The molecule has 0 saturated carbocycles. The molecule has 1 heterocycles. The minimum absolute atomic E-state index is 0.0129. The Morgan fingerprint density at radius 3 is 2.38 bits per heavy atom. The van der Waals surface area contributed by atoms with E-state index in [-0.39, 0.29) is 17.7 Å². The second kappa shape index (κ2) is 9.73. The van der Waals surface area contributed by atoms with Crippen LogP contribution in [0.3, 0.4) is 0 Å². The van der Waals surface area contributed by atoms with E-state index in [4.69, 9.17) is 5.73 Å². The van der Waals surface area contributed by atoms with E-state index in [1.165, 1.54) is 0 Å². The first kappa shape index (κ1) is 17.9. The molecule has 0 radical (unpaired) electrons. The summed E-state index contributed by atoms with van der Waals surface area (Å²) >= 11 is 0. The molecule has 0 unspecified atom stereocenters. The number of nitrogens with two attached hydrogens (primary N) is 1. The van der Waals surface area contributed by atoms with E-state index >= 15 is 0 Å². The molecule has 0 aromatic heterocycles. The molecule has 1 rings (SSSR count). The Hall–Kier alpha value is -1.14. The molecular formula is C15H30N4O2. The van der Waals surface area contributed by atoms with Crippen molar-refractivity contribution in [2.75, 3.05) is 45.8 Å². The standard InChI is InChI=1S/C15H30N4O2/c1-3-18-9-11-19(12-10-18)8-4-7-17-14(20)6-5-13(2)15(16)21/h13H,3-12H2,1-2H3,(H2,16,21)(H,17,20)/t13-/m0/s1. The van der Waals surface area contributed by atoms with Crippen LogP contribution in [0.2, 0.25) is 0 Å². The predicted molar refractivity (Wildman–Crippen MR) is 83.8 cm³/mol. The van der Waals surface area contributed by atoms with Gasteiger partial charge >= 0.3 is 0 Å².